The van der Waals surface area contributed by atoms with Gasteiger partial charge in [-0.1, -0.05) is 27.7 Å². The fourth-order valence-electron chi connectivity index (χ4n) is 3.70. The van der Waals surface area contributed by atoms with E-state index in [2.05, 4.69) is 55.4 Å². The molecule has 0 aromatic carbocycles. The van der Waals surface area contributed by atoms with E-state index >= 15 is 0 Å². The molecular formula is C18H24S2. The Morgan fingerprint density at radius 1 is 0.600 bits per heavy atom. The molecule has 108 valence electrons. The van der Waals surface area contributed by atoms with E-state index in [1.54, 1.807) is 20.9 Å². The summed E-state index contributed by atoms with van der Waals surface area (Å²) in [4.78, 5) is 6.05. The summed E-state index contributed by atoms with van der Waals surface area (Å²) >= 11 is 3.99. The summed E-state index contributed by atoms with van der Waals surface area (Å²) in [5, 5.41) is 0. The van der Waals surface area contributed by atoms with Gasteiger partial charge < -0.3 is 0 Å². The Balaban J connectivity index is 2.50. The van der Waals surface area contributed by atoms with Gasteiger partial charge in [-0.3, -0.25) is 0 Å². The first-order chi connectivity index (χ1) is 9.10. The van der Waals surface area contributed by atoms with Gasteiger partial charge in [0.15, 0.2) is 0 Å². The van der Waals surface area contributed by atoms with Crippen LogP contribution in [0.15, 0.2) is 0 Å². The molecule has 0 bridgehead atoms. The standard InChI is InChI=1S/C18H24S2/c1-9-11(3)19-15-13(9)17(5,6)18(7,8)14-10(2)12(4)20-16(14)15/h1-8H3. The Bertz CT molecular complexity index is 646. The Kier molecular flexibility index (Phi) is 2.86. The first-order valence-corrected chi connectivity index (χ1v) is 8.95. The molecule has 20 heavy (non-hydrogen) atoms. The summed E-state index contributed by atoms with van der Waals surface area (Å²) in [6.45, 7) is 18.9. The third-order valence-electron chi connectivity index (χ3n) is 5.79. The van der Waals surface area contributed by atoms with Gasteiger partial charge >= 0.3 is 0 Å². The number of fused-ring (bicyclic) bond motifs is 3. The minimum absolute atomic E-state index is 0.183. The maximum atomic E-state index is 2.43. The highest BCUT2D eigenvalue weighted by molar-refractivity contribution is 7.22. The zero-order chi connectivity index (χ0) is 15.0. The molecule has 0 fully saturated rings. The van der Waals surface area contributed by atoms with Crippen LogP contribution in [0, 0.1) is 27.7 Å². The smallest absolute Gasteiger partial charge is 0.0489 e. The van der Waals surface area contributed by atoms with Crippen molar-refractivity contribution in [1.82, 2.24) is 0 Å². The van der Waals surface area contributed by atoms with E-state index in [-0.39, 0.29) is 10.8 Å². The van der Waals surface area contributed by atoms with Crippen LogP contribution < -0.4 is 0 Å². The van der Waals surface area contributed by atoms with Crippen molar-refractivity contribution in [2.75, 3.05) is 0 Å². The molecule has 0 N–H and O–H groups in total. The molecule has 0 saturated heterocycles. The van der Waals surface area contributed by atoms with Crippen molar-refractivity contribution >= 4 is 22.7 Å². The summed E-state index contributed by atoms with van der Waals surface area (Å²) < 4.78 is 0. The second kappa shape index (κ2) is 3.98. The number of rotatable bonds is 0. The van der Waals surface area contributed by atoms with Crippen molar-refractivity contribution in [1.29, 1.82) is 0 Å². The highest BCUT2D eigenvalue weighted by atomic mass is 32.1. The van der Waals surface area contributed by atoms with E-state index in [0.29, 0.717) is 0 Å². The second-order valence-electron chi connectivity index (χ2n) is 7.22. The van der Waals surface area contributed by atoms with Crippen molar-refractivity contribution in [3.05, 3.63) is 32.0 Å². The first-order valence-electron chi connectivity index (χ1n) is 7.32. The Labute approximate surface area is 130 Å². The van der Waals surface area contributed by atoms with Crippen LogP contribution in [0.2, 0.25) is 0 Å². The molecule has 3 rings (SSSR count). The predicted octanol–water partition coefficient (Wildman–Crippen LogP) is 6.28. The lowest BCUT2D eigenvalue weighted by molar-refractivity contribution is 0.298. The van der Waals surface area contributed by atoms with Crippen molar-refractivity contribution < 1.29 is 0 Å². The van der Waals surface area contributed by atoms with E-state index in [1.807, 2.05) is 22.7 Å². The van der Waals surface area contributed by atoms with E-state index in [0.717, 1.165) is 0 Å². The SMILES string of the molecule is Cc1sc2c(c1C)C(C)(C)C(C)(C)c1c-2sc(C)c1C. The van der Waals surface area contributed by atoms with Crippen LogP contribution in [0.3, 0.4) is 0 Å². The molecule has 0 unspecified atom stereocenters. The van der Waals surface area contributed by atoms with E-state index < -0.39 is 0 Å². The Morgan fingerprint density at radius 3 is 1.20 bits per heavy atom. The number of hydrogen-bond donors (Lipinski definition) is 0. The molecule has 2 aromatic rings. The van der Waals surface area contributed by atoms with Gasteiger partial charge in [0.05, 0.1) is 0 Å². The summed E-state index contributed by atoms with van der Waals surface area (Å²) in [7, 11) is 0. The van der Waals surface area contributed by atoms with Crippen LogP contribution in [0.25, 0.3) is 9.75 Å². The minimum atomic E-state index is 0.183. The van der Waals surface area contributed by atoms with Gasteiger partial charge in [-0.15, -0.1) is 22.7 Å². The largest absolute Gasteiger partial charge is 0.139 e. The molecule has 2 heteroatoms. The van der Waals surface area contributed by atoms with Crippen LogP contribution in [0.4, 0.5) is 0 Å². The molecule has 0 spiro atoms. The lowest BCUT2D eigenvalue weighted by Crippen LogP contribution is -2.43. The first kappa shape index (κ1) is 14.3. The molecule has 1 aliphatic carbocycles. The average Bonchev–Trinajstić information content (AvgIpc) is 2.78. The maximum absolute atomic E-state index is 2.43. The zero-order valence-electron chi connectivity index (χ0n) is 13.8. The number of aryl methyl sites for hydroxylation is 2. The number of thiophene rings is 2. The van der Waals surface area contributed by atoms with Gasteiger partial charge in [0.2, 0.25) is 0 Å². The topological polar surface area (TPSA) is 0 Å². The second-order valence-corrected chi connectivity index (χ2v) is 9.67. The van der Waals surface area contributed by atoms with Crippen LogP contribution in [-0.4, -0.2) is 0 Å². The van der Waals surface area contributed by atoms with Gasteiger partial charge in [-0.25, -0.2) is 0 Å². The van der Waals surface area contributed by atoms with Gasteiger partial charge in [-0.2, -0.15) is 0 Å². The van der Waals surface area contributed by atoms with Gasteiger partial charge in [-0.05, 0) is 49.9 Å². The fourth-order valence-corrected chi connectivity index (χ4v) is 6.49. The van der Waals surface area contributed by atoms with Crippen LogP contribution in [0.1, 0.15) is 59.7 Å². The van der Waals surface area contributed by atoms with E-state index in [1.165, 1.54) is 20.9 Å². The highest BCUT2D eigenvalue weighted by Gasteiger charge is 2.49. The Hall–Kier alpha value is -0.600. The predicted molar refractivity (Wildman–Crippen MR) is 92.6 cm³/mol. The zero-order valence-corrected chi connectivity index (χ0v) is 15.4. The molecular weight excluding hydrogens is 280 g/mol. The highest BCUT2D eigenvalue weighted by Crippen LogP contribution is 2.60. The quantitative estimate of drug-likeness (QED) is 0.537. The minimum Gasteiger partial charge on any atom is -0.139 e. The van der Waals surface area contributed by atoms with Crippen LogP contribution in [0.5, 0.6) is 0 Å². The molecule has 0 atom stereocenters. The lowest BCUT2D eigenvalue weighted by Gasteiger charge is -2.47. The summed E-state index contributed by atoms with van der Waals surface area (Å²) in [5.41, 5.74) is 6.58. The third kappa shape index (κ3) is 1.47. The van der Waals surface area contributed by atoms with Gasteiger partial charge in [0.1, 0.15) is 0 Å². The lowest BCUT2D eigenvalue weighted by atomic mass is 9.57. The molecule has 0 amide bonds. The molecule has 2 heterocycles. The number of hydrogen-bond acceptors (Lipinski definition) is 2. The van der Waals surface area contributed by atoms with Gasteiger partial charge in [0, 0.05) is 30.3 Å². The van der Waals surface area contributed by atoms with Crippen molar-refractivity contribution in [2.45, 2.75) is 66.2 Å². The van der Waals surface area contributed by atoms with E-state index in [4.69, 9.17) is 0 Å². The molecule has 0 saturated carbocycles. The van der Waals surface area contributed by atoms with Crippen molar-refractivity contribution in [3.8, 4) is 9.75 Å². The van der Waals surface area contributed by atoms with Gasteiger partial charge in [0.25, 0.3) is 0 Å². The summed E-state index contributed by atoms with van der Waals surface area (Å²) in [6.07, 6.45) is 0. The third-order valence-corrected chi connectivity index (χ3v) is 8.37. The normalized spacial score (nSPS) is 18.8. The van der Waals surface area contributed by atoms with Crippen LogP contribution >= 0.6 is 22.7 Å². The van der Waals surface area contributed by atoms with Crippen molar-refractivity contribution in [2.24, 2.45) is 0 Å². The van der Waals surface area contributed by atoms with E-state index in [9.17, 15) is 0 Å². The molecule has 0 nitrogen and oxygen atoms in total. The molecule has 0 radical (unpaired) electrons. The molecule has 0 aliphatic heterocycles. The fraction of sp³-hybridized carbons (Fsp3) is 0.556. The maximum Gasteiger partial charge on any atom is 0.0489 e. The summed E-state index contributed by atoms with van der Waals surface area (Å²) in [6, 6.07) is 0. The molecule has 1 aliphatic rings. The monoisotopic (exact) mass is 304 g/mol. The van der Waals surface area contributed by atoms with Crippen molar-refractivity contribution in [3.63, 3.8) is 0 Å². The average molecular weight is 305 g/mol. The van der Waals surface area contributed by atoms with Crippen LogP contribution in [-0.2, 0) is 10.8 Å². The Morgan fingerprint density at radius 2 is 0.900 bits per heavy atom. The summed E-state index contributed by atoms with van der Waals surface area (Å²) in [5.74, 6) is 0. The molecule has 2 aromatic heterocycles.